The molecule has 3 aromatic carbocycles. The maximum absolute atomic E-state index is 14.1. The minimum atomic E-state index is -0.972. The first-order valence-corrected chi connectivity index (χ1v) is 15.3. The van der Waals surface area contributed by atoms with E-state index in [9.17, 15) is 4.79 Å². The SMILES string of the molecule is CCN(CC)c1ccc2c(c1)OC1=C(CCC/C1=C\c1cn(C)c3ccccc13)C21c2ccccc2C(=O)N1NC(N)=S. The molecule has 0 bridgehead atoms. The van der Waals surface area contributed by atoms with Crippen LogP contribution in [-0.4, -0.2) is 33.7 Å². The van der Waals surface area contributed by atoms with E-state index < -0.39 is 5.54 Å². The molecular weight excluding hydrogens is 554 g/mol. The van der Waals surface area contributed by atoms with E-state index >= 15 is 0 Å². The summed E-state index contributed by atoms with van der Waals surface area (Å²) in [6.45, 7) is 6.05. The number of aromatic nitrogens is 1. The summed E-state index contributed by atoms with van der Waals surface area (Å²) in [5.41, 5.74) is 16.2. The minimum Gasteiger partial charge on any atom is -0.457 e. The molecule has 1 aliphatic carbocycles. The fourth-order valence-electron chi connectivity index (χ4n) is 7.30. The Bertz CT molecular complexity index is 1870. The fourth-order valence-corrected chi connectivity index (χ4v) is 7.39. The van der Waals surface area contributed by atoms with Gasteiger partial charge in [0.15, 0.2) is 5.11 Å². The second kappa shape index (κ2) is 10.3. The number of para-hydroxylation sites is 1. The monoisotopic (exact) mass is 589 g/mol. The quantitative estimate of drug-likeness (QED) is 0.263. The summed E-state index contributed by atoms with van der Waals surface area (Å²) in [4.78, 5) is 16.4. The van der Waals surface area contributed by atoms with Crippen LogP contribution in [0.25, 0.3) is 17.0 Å². The van der Waals surface area contributed by atoms with E-state index in [4.69, 9.17) is 22.7 Å². The summed E-state index contributed by atoms with van der Waals surface area (Å²) >= 11 is 5.34. The van der Waals surface area contributed by atoms with Crippen molar-refractivity contribution in [2.45, 2.75) is 38.6 Å². The van der Waals surface area contributed by atoms with Gasteiger partial charge >= 0.3 is 0 Å². The highest BCUT2D eigenvalue weighted by Crippen LogP contribution is 2.58. The van der Waals surface area contributed by atoms with E-state index in [0.717, 1.165) is 77.4 Å². The number of hydrogen-bond acceptors (Lipinski definition) is 4. The summed E-state index contributed by atoms with van der Waals surface area (Å²) in [5, 5.41) is 2.88. The van der Waals surface area contributed by atoms with Crippen molar-refractivity contribution in [2.75, 3.05) is 18.0 Å². The van der Waals surface area contributed by atoms with E-state index in [1.165, 1.54) is 10.9 Å². The summed E-state index contributed by atoms with van der Waals surface area (Å²) in [6.07, 6.45) is 6.98. The largest absolute Gasteiger partial charge is 0.457 e. The van der Waals surface area contributed by atoms with Crippen LogP contribution in [0.15, 0.2) is 89.8 Å². The Hall–Kier alpha value is -4.56. The molecule has 218 valence electrons. The molecule has 7 rings (SSSR count). The van der Waals surface area contributed by atoms with Crippen molar-refractivity contribution in [3.63, 3.8) is 0 Å². The van der Waals surface area contributed by atoms with Crippen molar-refractivity contribution in [1.29, 1.82) is 0 Å². The maximum atomic E-state index is 14.1. The molecule has 2 aliphatic heterocycles. The average Bonchev–Trinajstić information content (AvgIpc) is 3.45. The number of nitrogens with two attached hydrogens (primary N) is 1. The van der Waals surface area contributed by atoms with Crippen LogP contribution in [-0.2, 0) is 12.6 Å². The predicted octanol–water partition coefficient (Wildman–Crippen LogP) is 6.39. The van der Waals surface area contributed by atoms with Gasteiger partial charge in [-0.2, -0.15) is 0 Å². The van der Waals surface area contributed by atoms with E-state index in [2.05, 4.69) is 96.6 Å². The molecule has 1 spiro atoms. The summed E-state index contributed by atoms with van der Waals surface area (Å²) in [5.74, 6) is 1.39. The number of amides is 1. The van der Waals surface area contributed by atoms with Crippen LogP contribution in [0, 0.1) is 0 Å². The van der Waals surface area contributed by atoms with Gasteiger partial charge in [0, 0.05) is 76.8 Å². The Morgan fingerprint density at radius 3 is 2.63 bits per heavy atom. The molecule has 1 aromatic heterocycles. The zero-order chi connectivity index (χ0) is 29.9. The van der Waals surface area contributed by atoms with Gasteiger partial charge in [0.25, 0.3) is 5.91 Å². The topological polar surface area (TPSA) is 75.8 Å². The lowest BCUT2D eigenvalue weighted by Crippen LogP contribution is -2.58. The van der Waals surface area contributed by atoms with Crippen molar-refractivity contribution in [1.82, 2.24) is 15.0 Å². The zero-order valence-electron chi connectivity index (χ0n) is 24.7. The Balaban J connectivity index is 1.52. The number of ether oxygens (including phenoxy) is 1. The molecule has 3 heterocycles. The van der Waals surface area contributed by atoms with Gasteiger partial charge in [-0.3, -0.25) is 10.2 Å². The van der Waals surface area contributed by atoms with Crippen LogP contribution in [0.3, 0.4) is 0 Å². The third-order valence-electron chi connectivity index (χ3n) is 9.14. The van der Waals surface area contributed by atoms with E-state index in [1.54, 1.807) is 5.01 Å². The molecule has 3 aliphatic rings. The first kappa shape index (κ1) is 27.3. The van der Waals surface area contributed by atoms with Crippen LogP contribution < -0.4 is 20.8 Å². The molecule has 0 saturated carbocycles. The minimum absolute atomic E-state index is 0.0396. The number of thiocarbonyl (C=S) groups is 1. The average molecular weight is 590 g/mol. The van der Waals surface area contributed by atoms with Crippen LogP contribution in [0.4, 0.5) is 5.69 Å². The number of nitrogens with one attached hydrogen (secondary N) is 1. The zero-order valence-corrected chi connectivity index (χ0v) is 25.5. The number of nitrogens with zero attached hydrogens (tertiary/aromatic N) is 3. The molecule has 4 aromatic rings. The molecule has 3 N–H and O–H groups in total. The van der Waals surface area contributed by atoms with Crippen LogP contribution >= 0.6 is 12.2 Å². The Kier molecular flexibility index (Phi) is 6.54. The lowest BCUT2D eigenvalue weighted by molar-refractivity contribution is 0.0573. The molecular formula is C35H35N5O2S. The number of carbonyl (C=O) groups excluding carboxylic acids is 1. The predicted molar refractivity (Wildman–Crippen MR) is 176 cm³/mol. The number of allylic oxidation sites excluding steroid dienone is 1. The molecule has 1 unspecified atom stereocenters. The second-order valence-corrected chi connectivity index (χ2v) is 11.8. The van der Waals surface area contributed by atoms with Crippen molar-refractivity contribution in [2.24, 2.45) is 12.8 Å². The number of anilines is 1. The van der Waals surface area contributed by atoms with Gasteiger partial charge in [-0.05, 0) is 75.2 Å². The summed E-state index contributed by atoms with van der Waals surface area (Å²) < 4.78 is 9.12. The van der Waals surface area contributed by atoms with Crippen LogP contribution in [0.2, 0.25) is 0 Å². The van der Waals surface area contributed by atoms with Gasteiger partial charge in [-0.25, -0.2) is 5.01 Å². The Morgan fingerprint density at radius 2 is 1.84 bits per heavy atom. The molecule has 8 heteroatoms. The van der Waals surface area contributed by atoms with Gasteiger partial charge in [0.1, 0.15) is 17.0 Å². The number of carbonyl (C=O) groups is 1. The standard InChI is InChI=1S/C35H35N5O2S/c1-4-39(5-2)24-17-18-28-31(20-24)42-32-22(19-23-21-38(3)30-16-9-7-12-25(23)30)11-10-15-29(32)35(28)27-14-8-6-13-26(27)33(41)40(35)37-34(36)43/h6-9,12-14,16-21H,4-5,10-11,15H2,1-3H3,(H3,36,37,43)/b22-19+. The second-order valence-electron chi connectivity index (χ2n) is 11.4. The molecule has 1 atom stereocenters. The molecule has 43 heavy (non-hydrogen) atoms. The third-order valence-corrected chi connectivity index (χ3v) is 9.23. The van der Waals surface area contributed by atoms with Crippen molar-refractivity contribution < 1.29 is 9.53 Å². The smallest absolute Gasteiger partial charge is 0.274 e. The first-order valence-electron chi connectivity index (χ1n) is 14.9. The molecule has 0 radical (unpaired) electrons. The Morgan fingerprint density at radius 1 is 1.07 bits per heavy atom. The summed E-state index contributed by atoms with van der Waals surface area (Å²) in [7, 11) is 2.08. The first-order chi connectivity index (χ1) is 20.9. The molecule has 0 fully saturated rings. The van der Waals surface area contributed by atoms with Gasteiger partial charge in [-0.1, -0.05) is 42.5 Å². The lowest BCUT2D eigenvalue weighted by Gasteiger charge is -2.47. The van der Waals surface area contributed by atoms with Gasteiger partial charge in [0.05, 0.1) is 0 Å². The van der Waals surface area contributed by atoms with Crippen LogP contribution in [0.1, 0.15) is 60.2 Å². The van der Waals surface area contributed by atoms with E-state index in [-0.39, 0.29) is 11.0 Å². The summed E-state index contributed by atoms with van der Waals surface area (Å²) in [6, 6.07) is 22.6. The van der Waals surface area contributed by atoms with E-state index in [1.807, 2.05) is 18.2 Å². The van der Waals surface area contributed by atoms with Gasteiger partial charge < -0.3 is 19.9 Å². The third kappa shape index (κ3) is 4.00. The number of benzene rings is 3. The van der Waals surface area contributed by atoms with Crippen molar-refractivity contribution in [3.8, 4) is 5.75 Å². The normalized spacial score (nSPS) is 19.8. The number of hydrazine groups is 1. The van der Waals surface area contributed by atoms with E-state index in [0.29, 0.717) is 5.56 Å². The maximum Gasteiger partial charge on any atom is 0.274 e. The molecule has 1 amide bonds. The Labute approximate surface area is 257 Å². The van der Waals surface area contributed by atoms with Crippen LogP contribution in [0.5, 0.6) is 5.75 Å². The highest BCUT2D eigenvalue weighted by Gasteiger charge is 2.58. The van der Waals surface area contributed by atoms with Gasteiger partial charge in [0.2, 0.25) is 0 Å². The van der Waals surface area contributed by atoms with Crippen molar-refractivity contribution in [3.05, 3.63) is 112 Å². The number of fused-ring (bicyclic) bond motifs is 6. The number of rotatable bonds is 5. The highest BCUT2D eigenvalue weighted by molar-refractivity contribution is 7.80. The van der Waals surface area contributed by atoms with Crippen molar-refractivity contribution >= 4 is 45.9 Å². The molecule has 0 saturated heterocycles. The number of aryl methyl sites for hydroxylation is 1. The fraction of sp³-hybridized carbons (Fsp3) is 0.257. The number of hydrogen-bond donors (Lipinski definition) is 2. The lowest BCUT2D eigenvalue weighted by atomic mass is 9.70. The molecule has 7 nitrogen and oxygen atoms in total. The highest BCUT2D eigenvalue weighted by atomic mass is 32.1. The van der Waals surface area contributed by atoms with Gasteiger partial charge in [-0.15, -0.1) is 0 Å².